The molecule has 1 amide bonds. The first kappa shape index (κ1) is 15.5. The zero-order valence-electron chi connectivity index (χ0n) is 12.0. The number of para-hydroxylation sites is 1. The van der Waals surface area contributed by atoms with Gasteiger partial charge in [0.25, 0.3) is 5.91 Å². The van der Waals surface area contributed by atoms with E-state index in [0.29, 0.717) is 12.1 Å². The average Bonchev–Trinajstić information content (AvgIpc) is 2.46. The van der Waals surface area contributed by atoms with Gasteiger partial charge in [0.2, 0.25) is 0 Å². The highest BCUT2D eigenvalue weighted by Gasteiger charge is 2.23. The van der Waals surface area contributed by atoms with Crippen LogP contribution in [0, 0.1) is 0 Å². The molecule has 0 radical (unpaired) electrons. The van der Waals surface area contributed by atoms with E-state index in [1.807, 2.05) is 24.3 Å². The van der Waals surface area contributed by atoms with Crippen molar-refractivity contribution >= 4 is 11.6 Å². The second kappa shape index (κ2) is 7.79. The summed E-state index contributed by atoms with van der Waals surface area (Å²) in [4.78, 5) is 14.4. The number of amides is 1. The number of hydrogen-bond donors (Lipinski definition) is 2. The minimum absolute atomic E-state index is 0.00996. The molecule has 0 aliphatic carbocycles. The van der Waals surface area contributed by atoms with E-state index in [0.717, 1.165) is 18.5 Å². The number of carbonyl (C=O) groups is 1. The number of aliphatic hydroxyl groups excluding tert-OH is 1. The molecule has 1 aromatic rings. The lowest BCUT2D eigenvalue weighted by Gasteiger charge is -2.30. The van der Waals surface area contributed by atoms with Crippen LogP contribution < -0.4 is 5.32 Å². The predicted molar refractivity (Wildman–Crippen MR) is 78.5 cm³/mol. The smallest absolute Gasteiger partial charge is 0.256 e. The van der Waals surface area contributed by atoms with Gasteiger partial charge in [-0.15, -0.1) is 0 Å². The first-order valence-corrected chi connectivity index (χ1v) is 6.88. The number of hydrogen-bond acceptors (Lipinski definition) is 3. The highest BCUT2D eigenvalue weighted by atomic mass is 16.3. The monoisotopic (exact) mass is 264 g/mol. The third-order valence-electron chi connectivity index (χ3n) is 3.41. The van der Waals surface area contributed by atoms with Gasteiger partial charge in [-0.3, -0.25) is 4.79 Å². The Morgan fingerprint density at radius 1 is 1.32 bits per heavy atom. The van der Waals surface area contributed by atoms with E-state index in [1.165, 1.54) is 0 Å². The fourth-order valence-electron chi connectivity index (χ4n) is 2.33. The molecule has 4 nitrogen and oxygen atoms in total. The number of nitrogens with zero attached hydrogens (tertiary/aromatic N) is 1. The third kappa shape index (κ3) is 3.70. The lowest BCUT2D eigenvalue weighted by Crippen LogP contribution is -2.41. The summed E-state index contributed by atoms with van der Waals surface area (Å²) in [6.07, 6.45) is 1.79. The van der Waals surface area contributed by atoms with Gasteiger partial charge in [0.15, 0.2) is 0 Å². The molecule has 0 unspecified atom stereocenters. The number of anilines is 1. The predicted octanol–water partition coefficient (Wildman–Crippen LogP) is 2.35. The van der Waals surface area contributed by atoms with Gasteiger partial charge in [0.1, 0.15) is 0 Å². The topological polar surface area (TPSA) is 52.6 Å². The van der Waals surface area contributed by atoms with Crippen molar-refractivity contribution in [1.29, 1.82) is 0 Å². The van der Waals surface area contributed by atoms with Crippen molar-refractivity contribution < 1.29 is 9.90 Å². The largest absolute Gasteiger partial charge is 0.395 e. The van der Waals surface area contributed by atoms with Crippen molar-refractivity contribution in [3.8, 4) is 0 Å². The molecule has 1 rings (SSSR count). The molecule has 4 heteroatoms. The highest BCUT2D eigenvalue weighted by Crippen LogP contribution is 2.19. The molecule has 1 aromatic carbocycles. The summed E-state index contributed by atoms with van der Waals surface area (Å²) in [5, 5.41) is 12.2. The Hall–Kier alpha value is -1.55. The molecule has 0 atom stereocenters. The second-order valence-electron chi connectivity index (χ2n) is 4.49. The molecular weight excluding hydrogens is 240 g/mol. The van der Waals surface area contributed by atoms with Crippen LogP contribution in [0.3, 0.4) is 0 Å². The zero-order valence-corrected chi connectivity index (χ0v) is 12.0. The first-order chi connectivity index (χ1) is 9.19. The molecule has 19 heavy (non-hydrogen) atoms. The zero-order chi connectivity index (χ0) is 14.3. The third-order valence-corrected chi connectivity index (χ3v) is 3.41. The average molecular weight is 264 g/mol. The molecule has 0 spiro atoms. The van der Waals surface area contributed by atoms with E-state index in [2.05, 4.69) is 19.2 Å². The fourth-order valence-corrected chi connectivity index (χ4v) is 2.33. The molecule has 0 heterocycles. The first-order valence-electron chi connectivity index (χ1n) is 6.88. The van der Waals surface area contributed by atoms with Gasteiger partial charge in [-0.1, -0.05) is 26.0 Å². The van der Waals surface area contributed by atoms with E-state index in [-0.39, 0.29) is 18.6 Å². The van der Waals surface area contributed by atoms with E-state index in [9.17, 15) is 9.90 Å². The maximum absolute atomic E-state index is 12.6. The molecule has 0 aromatic heterocycles. The Bertz CT molecular complexity index is 403. The number of aliphatic hydroxyl groups is 1. The minimum Gasteiger partial charge on any atom is -0.395 e. The van der Waals surface area contributed by atoms with Crippen molar-refractivity contribution in [3.63, 3.8) is 0 Å². The number of rotatable bonds is 7. The van der Waals surface area contributed by atoms with Crippen molar-refractivity contribution in [3.05, 3.63) is 29.8 Å². The normalized spacial score (nSPS) is 10.6. The summed E-state index contributed by atoms with van der Waals surface area (Å²) in [6, 6.07) is 7.64. The van der Waals surface area contributed by atoms with Gasteiger partial charge >= 0.3 is 0 Å². The Morgan fingerprint density at radius 2 is 1.95 bits per heavy atom. The van der Waals surface area contributed by atoms with Gasteiger partial charge in [0.05, 0.1) is 12.2 Å². The maximum Gasteiger partial charge on any atom is 0.256 e. The van der Waals surface area contributed by atoms with Crippen LogP contribution in [0.2, 0.25) is 0 Å². The van der Waals surface area contributed by atoms with Crippen molar-refractivity contribution in [2.45, 2.75) is 32.7 Å². The number of carbonyl (C=O) groups excluding carboxylic acids is 1. The Labute approximate surface area is 115 Å². The standard InChI is InChI=1S/C15H24N2O2/c1-4-12(5-2)17(10-11-18)15(19)13-8-6-7-9-14(13)16-3/h6-9,12,16,18H,4-5,10-11H2,1-3H3. The summed E-state index contributed by atoms with van der Waals surface area (Å²) >= 11 is 0. The van der Waals surface area contributed by atoms with Crippen LogP contribution in [-0.2, 0) is 0 Å². The molecule has 0 saturated carbocycles. The molecule has 2 N–H and O–H groups in total. The lowest BCUT2D eigenvalue weighted by molar-refractivity contribution is 0.0623. The molecule has 106 valence electrons. The van der Waals surface area contributed by atoms with Crippen LogP contribution in [0.5, 0.6) is 0 Å². The van der Waals surface area contributed by atoms with E-state index < -0.39 is 0 Å². The molecule has 0 aliphatic heterocycles. The fraction of sp³-hybridized carbons (Fsp3) is 0.533. The van der Waals surface area contributed by atoms with Crippen molar-refractivity contribution in [2.75, 3.05) is 25.5 Å². The van der Waals surface area contributed by atoms with Crippen LogP contribution in [0.25, 0.3) is 0 Å². The summed E-state index contributed by atoms with van der Waals surface area (Å²) in [5.74, 6) is -0.0206. The van der Waals surface area contributed by atoms with Crippen LogP contribution in [0.4, 0.5) is 5.69 Å². The van der Waals surface area contributed by atoms with E-state index in [4.69, 9.17) is 0 Å². The second-order valence-corrected chi connectivity index (χ2v) is 4.49. The van der Waals surface area contributed by atoms with Gasteiger partial charge in [0, 0.05) is 25.3 Å². The Morgan fingerprint density at radius 3 is 2.47 bits per heavy atom. The van der Waals surface area contributed by atoms with Gasteiger partial charge in [-0.2, -0.15) is 0 Å². The molecular formula is C15H24N2O2. The quantitative estimate of drug-likeness (QED) is 0.795. The number of nitrogens with one attached hydrogen (secondary N) is 1. The summed E-state index contributed by atoms with van der Waals surface area (Å²) in [5.41, 5.74) is 1.48. The van der Waals surface area contributed by atoms with Gasteiger partial charge in [-0.25, -0.2) is 0 Å². The van der Waals surface area contributed by atoms with Crippen LogP contribution in [-0.4, -0.2) is 42.2 Å². The maximum atomic E-state index is 12.6. The molecule has 0 bridgehead atoms. The van der Waals surface area contributed by atoms with Crippen molar-refractivity contribution in [2.24, 2.45) is 0 Å². The summed E-state index contributed by atoms with van der Waals surface area (Å²) < 4.78 is 0. The van der Waals surface area contributed by atoms with Crippen LogP contribution in [0.15, 0.2) is 24.3 Å². The number of benzene rings is 1. The summed E-state index contributed by atoms with van der Waals surface area (Å²) in [6.45, 7) is 4.50. The highest BCUT2D eigenvalue weighted by molar-refractivity contribution is 5.99. The van der Waals surface area contributed by atoms with Gasteiger partial charge < -0.3 is 15.3 Å². The minimum atomic E-state index is -0.0206. The van der Waals surface area contributed by atoms with E-state index in [1.54, 1.807) is 11.9 Å². The lowest BCUT2D eigenvalue weighted by atomic mass is 10.1. The molecule has 0 saturated heterocycles. The molecule has 0 aliphatic rings. The van der Waals surface area contributed by atoms with Crippen LogP contribution >= 0.6 is 0 Å². The van der Waals surface area contributed by atoms with E-state index >= 15 is 0 Å². The van der Waals surface area contributed by atoms with Gasteiger partial charge in [-0.05, 0) is 25.0 Å². The van der Waals surface area contributed by atoms with Crippen LogP contribution in [0.1, 0.15) is 37.0 Å². The Kier molecular flexibility index (Phi) is 6.36. The molecule has 0 fully saturated rings. The van der Waals surface area contributed by atoms with Crippen molar-refractivity contribution in [1.82, 2.24) is 4.90 Å². The summed E-state index contributed by atoms with van der Waals surface area (Å²) in [7, 11) is 1.81. The SMILES string of the molecule is CCC(CC)N(CCO)C(=O)c1ccccc1NC. The Balaban J connectivity index is 3.04.